The monoisotopic (exact) mass is 370 g/mol. The van der Waals surface area contributed by atoms with Gasteiger partial charge in [-0.1, -0.05) is 18.2 Å². The molecule has 0 aliphatic heterocycles. The van der Waals surface area contributed by atoms with Crippen molar-refractivity contribution in [2.75, 3.05) is 4.72 Å². The van der Waals surface area contributed by atoms with Crippen molar-refractivity contribution < 1.29 is 13.3 Å². The normalized spacial score (nSPS) is 11.1. The number of nitrogens with one attached hydrogen (secondary N) is 1. The van der Waals surface area contributed by atoms with Crippen molar-refractivity contribution in [3.63, 3.8) is 0 Å². The zero-order valence-corrected chi connectivity index (χ0v) is 14.5. The highest BCUT2D eigenvalue weighted by atomic mass is 32.2. The van der Waals surface area contributed by atoms with Gasteiger partial charge < -0.3 is 0 Å². The summed E-state index contributed by atoms with van der Waals surface area (Å²) in [5.41, 5.74) is 1.38. The summed E-state index contributed by atoms with van der Waals surface area (Å²) in [5.74, 6) is 0. The third kappa shape index (κ3) is 3.52. The molecule has 0 aliphatic rings. The Morgan fingerprint density at radius 2 is 1.73 bits per heavy atom. The largest absolute Gasteiger partial charge is 0.293 e. The third-order valence-electron chi connectivity index (χ3n) is 3.71. The van der Waals surface area contributed by atoms with Crippen LogP contribution in [0, 0.1) is 17.0 Å². The van der Waals surface area contributed by atoms with E-state index >= 15 is 0 Å². The lowest BCUT2D eigenvalue weighted by atomic mass is 10.0. The Morgan fingerprint density at radius 3 is 2.35 bits per heavy atom. The lowest BCUT2D eigenvalue weighted by Gasteiger charge is -2.12. The Bertz CT molecular complexity index is 1050. The second-order valence-corrected chi connectivity index (χ2v) is 7.17. The van der Waals surface area contributed by atoms with Crippen LogP contribution in [0.2, 0.25) is 0 Å². The first-order valence-electron chi connectivity index (χ1n) is 7.51. The zero-order valence-electron chi connectivity index (χ0n) is 13.7. The van der Waals surface area contributed by atoms with Gasteiger partial charge >= 0.3 is 0 Å². The lowest BCUT2D eigenvalue weighted by molar-refractivity contribution is -0.383. The average Bonchev–Trinajstić information content (AvgIpc) is 2.64. The summed E-state index contributed by atoms with van der Waals surface area (Å²) in [6.45, 7) is 1.70. The van der Waals surface area contributed by atoms with Crippen molar-refractivity contribution >= 4 is 21.4 Å². The quantitative estimate of drug-likeness (QED) is 0.545. The molecule has 0 aliphatic carbocycles. The van der Waals surface area contributed by atoms with Crippen LogP contribution in [-0.4, -0.2) is 23.3 Å². The van der Waals surface area contributed by atoms with Crippen LogP contribution < -0.4 is 4.72 Å². The van der Waals surface area contributed by atoms with Crippen molar-refractivity contribution in [3.8, 4) is 11.1 Å². The van der Waals surface area contributed by atoms with Crippen LogP contribution in [-0.2, 0) is 10.0 Å². The smallest absolute Gasteiger partial charge is 0.273 e. The summed E-state index contributed by atoms with van der Waals surface area (Å²) >= 11 is 0. The minimum absolute atomic E-state index is 0.0134. The molecule has 0 spiro atoms. The van der Waals surface area contributed by atoms with E-state index in [0.29, 0.717) is 16.7 Å². The van der Waals surface area contributed by atoms with Crippen molar-refractivity contribution in [2.24, 2.45) is 0 Å². The Balaban J connectivity index is 2.12. The fraction of sp³-hybridized carbons (Fsp3) is 0.0588. The van der Waals surface area contributed by atoms with Crippen molar-refractivity contribution in [1.82, 2.24) is 9.97 Å². The van der Waals surface area contributed by atoms with Crippen molar-refractivity contribution in [3.05, 3.63) is 76.9 Å². The zero-order chi connectivity index (χ0) is 18.7. The molecule has 132 valence electrons. The fourth-order valence-electron chi connectivity index (χ4n) is 2.48. The molecular weight excluding hydrogens is 356 g/mol. The second kappa shape index (κ2) is 6.89. The Labute approximate surface area is 149 Å². The predicted octanol–water partition coefficient (Wildman–Crippen LogP) is 3.16. The summed E-state index contributed by atoms with van der Waals surface area (Å²) < 4.78 is 27.4. The molecule has 0 amide bonds. The van der Waals surface area contributed by atoms with Gasteiger partial charge in [-0.15, -0.1) is 0 Å². The molecular formula is C17H14N4O4S. The Hall–Kier alpha value is -3.33. The van der Waals surface area contributed by atoms with Crippen molar-refractivity contribution in [1.29, 1.82) is 0 Å². The maximum atomic E-state index is 12.6. The van der Waals surface area contributed by atoms with Crippen LogP contribution >= 0.6 is 0 Å². The number of nitro groups is 1. The van der Waals surface area contributed by atoms with Gasteiger partial charge in [0.05, 0.1) is 9.82 Å². The van der Waals surface area contributed by atoms with E-state index in [4.69, 9.17) is 0 Å². The molecule has 0 radical (unpaired) electrons. The highest BCUT2D eigenvalue weighted by Crippen LogP contribution is 2.34. The first-order chi connectivity index (χ1) is 12.4. The molecule has 0 unspecified atom stereocenters. The summed E-state index contributed by atoms with van der Waals surface area (Å²) in [4.78, 5) is 18.6. The molecule has 8 nitrogen and oxygen atoms in total. The number of hydrogen-bond donors (Lipinski definition) is 1. The van der Waals surface area contributed by atoms with Crippen LogP contribution in [0.1, 0.15) is 5.56 Å². The van der Waals surface area contributed by atoms with Crippen LogP contribution in [0.4, 0.5) is 11.4 Å². The Kier molecular flexibility index (Phi) is 4.63. The van der Waals surface area contributed by atoms with E-state index in [9.17, 15) is 18.5 Å². The number of benzene rings is 2. The topological polar surface area (TPSA) is 115 Å². The minimum atomic E-state index is -3.97. The number of anilines is 1. The summed E-state index contributed by atoms with van der Waals surface area (Å²) in [6.07, 6.45) is 4.47. The number of hydrogen-bond acceptors (Lipinski definition) is 6. The summed E-state index contributed by atoms with van der Waals surface area (Å²) in [5, 5.41) is 11.4. The molecule has 0 bridgehead atoms. The number of sulfonamides is 1. The van der Waals surface area contributed by atoms with E-state index in [-0.39, 0.29) is 16.3 Å². The van der Waals surface area contributed by atoms with Gasteiger partial charge in [0.1, 0.15) is 12.0 Å². The third-order valence-corrected chi connectivity index (χ3v) is 5.09. The highest BCUT2D eigenvalue weighted by molar-refractivity contribution is 7.92. The van der Waals surface area contributed by atoms with Crippen LogP contribution in [0.15, 0.2) is 66.1 Å². The van der Waals surface area contributed by atoms with E-state index in [0.717, 1.165) is 0 Å². The predicted molar refractivity (Wildman–Crippen MR) is 96.1 cm³/mol. The molecule has 3 aromatic rings. The van der Waals surface area contributed by atoms with E-state index in [1.54, 1.807) is 37.5 Å². The number of rotatable bonds is 5. The van der Waals surface area contributed by atoms with Crippen LogP contribution in [0.25, 0.3) is 11.1 Å². The van der Waals surface area contributed by atoms with Gasteiger partial charge in [0.2, 0.25) is 0 Å². The first-order valence-corrected chi connectivity index (χ1v) is 8.99. The number of nitrogens with zero attached hydrogens (tertiary/aromatic N) is 3. The van der Waals surface area contributed by atoms with Crippen molar-refractivity contribution in [2.45, 2.75) is 11.8 Å². The number of aryl methyl sites for hydroxylation is 1. The molecule has 0 saturated carbocycles. The van der Waals surface area contributed by atoms with Gasteiger partial charge in [-0.3, -0.25) is 14.8 Å². The summed E-state index contributed by atoms with van der Waals surface area (Å²) in [6, 6.07) is 10.4. The molecule has 9 heteroatoms. The molecule has 2 aromatic carbocycles. The van der Waals surface area contributed by atoms with Gasteiger partial charge in [0, 0.05) is 24.0 Å². The molecule has 1 aromatic heterocycles. The van der Waals surface area contributed by atoms with Gasteiger partial charge in [0.15, 0.2) is 0 Å². The van der Waals surface area contributed by atoms with E-state index < -0.39 is 14.9 Å². The highest BCUT2D eigenvalue weighted by Gasteiger charge is 2.23. The SMILES string of the molecule is Cc1cc([N+](=O)[O-])c(NS(=O)(=O)c2ccccc2)cc1-c1cncnc1. The molecule has 0 atom stereocenters. The summed E-state index contributed by atoms with van der Waals surface area (Å²) in [7, 11) is -3.97. The number of nitro benzene ring substituents is 1. The fourth-order valence-corrected chi connectivity index (χ4v) is 3.56. The molecule has 3 rings (SSSR count). The maximum Gasteiger partial charge on any atom is 0.293 e. The average molecular weight is 370 g/mol. The molecule has 0 fully saturated rings. The van der Waals surface area contributed by atoms with Gasteiger partial charge in [-0.25, -0.2) is 18.4 Å². The van der Waals surface area contributed by atoms with Gasteiger partial charge in [-0.05, 0) is 36.2 Å². The van der Waals surface area contributed by atoms with E-state index in [1.165, 1.54) is 30.6 Å². The molecule has 0 saturated heterocycles. The Morgan fingerprint density at radius 1 is 1.08 bits per heavy atom. The molecule has 1 heterocycles. The maximum absolute atomic E-state index is 12.6. The second-order valence-electron chi connectivity index (χ2n) is 5.49. The number of aromatic nitrogens is 2. The van der Waals surface area contributed by atoms with E-state index in [2.05, 4.69) is 14.7 Å². The van der Waals surface area contributed by atoms with Gasteiger partial charge in [-0.2, -0.15) is 0 Å². The van der Waals surface area contributed by atoms with Crippen LogP contribution in [0.3, 0.4) is 0 Å². The molecule has 1 N–H and O–H groups in total. The lowest BCUT2D eigenvalue weighted by Crippen LogP contribution is -2.14. The van der Waals surface area contributed by atoms with Gasteiger partial charge in [0.25, 0.3) is 15.7 Å². The minimum Gasteiger partial charge on any atom is -0.273 e. The standard InChI is InChI=1S/C17H14N4O4S/c1-12-7-17(21(22)23)16(8-15(12)13-9-18-11-19-10-13)20-26(24,25)14-5-3-2-4-6-14/h2-11,20H,1H3. The first kappa shape index (κ1) is 17.5. The molecule has 26 heavy (non-hydrogen) atoms. The van der Waals surface area contributed by atoms with Crippen LogP contribution in [0.5, 0.6) is 0 Å². The van der Waals surface area contributed by atoms with E-state index in [1.807, 2.05) is 0 Å².